The van der Waals surface area contributed by atoms with Crippen molar-refractivity contribution >= 4 is 11.1 Å². The highest BCUT2D eigenvalue weighted by Crippen LogP contribution is 2.10. The third-order valence-electron chi connectivity index (χ3n) is 2.43. The van der Waals surface area contributed by atoms with E-state index in [1.807, 2.05) is 0 Å². The highest BCUT2D eigenvalue weighted by atomic mass is 16.4. The van der Waals surface area contributed by atoms with Gasteiger partial charge in [0.2, 0.25) is 0 Å². The Balaban J connectivity index is 3.01. The third-order valence-corrected chi connectivity index (χ3v) is 2.43. The Kier molecular flexibility index (Phi) is 2.38. The molecule has 0 aromatic carbocycles. The second kappa shape index (κ2) is 3.59. The molecule has 0 saturated heterocycles. The quantitative estimate of drug-likeness (QED) is 0.725. The second-order valence-corrected chi connectivity index (χ2v) is 3.94. The summed E-state index contributed by atoms with van der Waals surface area (Å²) in [6.07, 6.45) is 1.53. The number of nitrogens with zero attached hydrogens (tertiary/aromatic N) is 2. The molecule has 2 rings (SSSR count). The number of fused-ring (bicyclic) bond motifs is 1. The van der Waals surface area contributed by atoms with Crippen molar-refractivity contribution in [1.29, 1.82) is 0 Å². The van der Waals surface area contributed by atoms with Gasteiger partial charge in [-0.2, -0.15) is 0 Å². The Bertz CT molecular complexity index is 652. The summed E-state index contributed by atoms with van der Waals surface area (Å²) in [4.78, 5) is 27.6. The van der Waals surface area contributed by atoms with Crippen molar-refractivity contribution in [3.05, 3.63) is 38.7 Å². The van der Waals surface area contributed by atoms with Crippen LogP contribution >= 0.6 is 0 Å². The lowest BCUT2D eigenvalue weighted by Crippen LogP contribution is -2.34. The maximum absolute atomic E-state index is 12.0. The van der Waals surface area contributed by atoms with Gasteiger partial charge in [-0.15, -0.1) is 0 Å². The maximum atomic E-state index is 12.0. The predicted molar refractivity (Wildman–Crippen MR) is 59.7 cm³/mol. The fraction of sp³-hybridized carbons (Fsp3) is 0.364. The van der Waals surface area contributed by atoms with E-state index in [0.29, 0.717) is 0 Å². The van der Waals surface area contributed by atoms with E-state index in [1.165, 1.54) is 6.20 Å². The van der Waals surface area contributed by atoms with E-state index in [1.54, 1.807) is 26.8 Å². The van der Waals surface area contributed by atoms with Crippen LogP contribution in [0, 0.1) is 6.92 Å². The minimum Gasteiger partial charge on any atom is -0.407 e. The van der Waals surface area contributed by atoms with E-state index in [-0.39, 0.29) is 17.1 Å². The zero-order valence-corrected chi connectivity index (χ0v) is 9.35. The number of pyridine rings is 1. The van der Waals surface area contributed by atoms with E-state index in [2.05, 4.69) is 4.98 Å². The topological polar surface area (TPSA) is 65.1 Å². The van der Waals surface area contributed by atoms with Crippen LogP contribution < -0.4 is 11.3 Å². The molecule has 2 aromatic rings. The molecule has 2 heterocycles. The molecule has 0 atom stereocenters. The molecule has 0 unspecified atom stereocenters. The van der Waals surface area contributed by atoms with Gasteiger partial charge in [0.1, 0.15) is 0 Å². The lowest BCUT2D eigenvalue weighted by Gasteiger charge is -2.08. The number of hydrogen-bond donors (Lipinski definition) is 0. The normalized spacial score (nSPS) is 11.2. The largest absolute Gasteiger partial charge is 0.422 e. The molecule has 0 saturated carbocycles. The summed E-state index contributed by atoms with van der Waals surface area (Å²) >= 11 is 0. The SMILES string of the molecule is Cc1ccnc2c(=O)n(C(C)C)c(=O)oc12. The van der Waals surface area contributed by atoms with Crippen LogP contribution in [0.4, 0.5) is 0 Å². The monoisotopic (exact) mass is 220 g/mol. The summed E-state index contributed by atoms with van der Waals surface area (Å²) < 4.78 is 6.17. The number of hydrogen-bond acceptors (Lipinski definition) is 4. The first-order chi connectivity index (χ1) is 7.52. The average molecular weight is 220 g/mol. The van der Waals surface area contributed by atoms with Crippen LogP contribution in [0.1, 0.15) is 25.5 Å². The van der Waals surface area contributed by atoms with Crippen molar-refractivity contribution in [2.45, 2.75) is 26.8 Å². The molecule has 16 heavy (non-hydrogen) atoms. The fourth-order valence-electron chi connectivity index (χ4n) is 1.60. The van der Waals surface area contributed by atoms with E-state index >= 15 is 0 Å². The lowest BCUT2D eigenvalue weighted by molar-refractivity contribution is 0.424. The van der Waals surface area contributed by atoms with E-state index < -0.39 is 11.3 Å². The van der Waals surface area contributed by atoms with Gasteiger partial charge in [0, 0.05) is 12.2 Å². The molecule has 0 spiro atoms. The molecular formula is C11H12N2O3. The van der Waals surface area contributed by atoms with Crippen LogP contribution in [0.5, 0.6) is 0 Å². The minimum atomic E-state index is -0.636. The Labute approximate surface area is 91.3 Å². The van der Waals surface area contributed by atoms with Gasteiger partial charge in [0.15, 0.2) is 11.1 Å². The van der Waals surface area contributed by atoms with Crippen molar-refractivity contribution in [3.8, 4) is 0 Å². The summed E-state index contributed by atoms with van der Waals surface area (Å²) in [5.41, 5.74) is 0.808. The van der Waals surface area contributed by atoms with Gasteiger partial charge in [0.25, 0.3) is 5.56 Å². The van der Waals surface area contributed by atoms with Crippen molar-refractivity contribution in [2.75, 3.05) is 0 Å². The molecule has 5 nitrogen and oxygen atoms in total. The van der Waals surface area contributed by atoms with Crippen molar-refractivity contribution in [3.63, 3.8) is 0 Å². The highest BCUT2D eigenvalue weighted by Gasteiger charge is 2.13. The summed E-state index contributed by atoms with van der Waals surface area (Å²) in [6.45, 7) is 5.27. The molecule has 0 amide bonds. The standard InChI is InChI=1S/C11H12N2O3/c1-6(2)13-10(14)8-9(16-11(13)15)7(3)4-5-12-8/h4-6H,1-3H3. The molecule has 5 heteroatoms. The fourth-order valence-corrected chi connectivity index (χ4v) is 1.60. The van der Waals surface area contributed by atoms with Gasteiger partial charge in [-0.05, 0) is 32.4 Å². The molecule has 0 aliphatic rings. The Morgan fingerprint density at radius 1 is 1.38 bits per heavy atom. The van der Waals surface area contributed by atoms with Crippen LogP contribution in [-0.4, -0.2) is 9.55 Å². The highest BCUT2D eigenvalue weighted by molar-refractivity contribution is 5.73. The molecule has 0 aliphatic heterocycles. The third kappa shape index (κ3) is 1.44. The molecular weight excluding hydrogens is 208 g/mol. The summed E-state index contributed by atoms with van der Waals surface area (Å²) in [5.74, 6) is -0.636. The van der Waals surface area contributed by atoms with Crippen LogP contribution in [0.15, 0.2) is 26.3 Å². The van der Waals surface area contributed by atoms with Gasteiger partial charge < -0.3 is 4.42 Å². The Morgan fingerprint density at radius 3 is 2.69 bits per heavy atom. The van der Waals surface area contributed by atoms with Gasteiger partial charge in [-0.1, -0.05) is 0 Å². The van der Waals surface area contributed by atoms with Crippen molar-refractivity contribution < 1.29 is 4.42 Å². The summed E-state index contributed by atoms with van der Waals surface area (Å²) in [5, 5.41) is 0. The number of rotatable bonds is 1. The smallest absolute Gasteiger partial charge is 0.407 e. The number of aromatic nitrogens is 2. The minimum absolute atomic E-state index is 0.202. The Hall–Kier alpha value is -1.91. The van der Waals surface area contributed by atoms with Crippen LogP contribution in [0.25, 0.3) is 11.1 Å². The van der Waals surface area contributed by atoms with Crippen LogP contribution in [-0.2, 0) is 0 Å². The molecule has 0 radical (unpaired) electrons. The molecule has 0 N–H and O–H groups in total. The van der Waals surface area contributed by atoms with Crippen LogP contribution in [0.2, 0.25) is 0 Å². The molecule has 0 aliphatic carbocycles. The molecule has 0 bridgehead atoms. The maximum Gasteiger partial charge on any atom is 0.422 e. The Morgan fingerprint density at radius 2 is 2.06 bits per heavy atom. The summed E-state index contributed by atoms with van der Waals surface area (Å²) in [6, 6.07) is 1.46. The first-order valence-electron chi connectivity index (χ1n) is 5.03. The summed E-state index contributed by atoms with van der Waals surface area (Å²) in [7, 11) is 0. The zero-order valence-electron chi connectivity index (χ0n) is 9.35. The van der Waals surface area contributed by atoms with Crippen molar-refractivity contribution in [1.82, 2.24) is 9.55 Å². The molecule has 84 valence electrons. The van der Waals surface area contributed by atoms with E-state index in [9.17, 15) is 9.59 Å². The zero-order chi connectivity index (χ0) is 11.9. The lowest BCUT2D eigenvalue weighted by atomic mass is 10.2. The van der Waals surface area contributed by atoms with Crippen LogP contribution in [0.3, 0.4) is 0 Å². The molecule has 0 fully saturated rings. The first kappa shape index (κ1) is 10.6. The first-order valence-corrected chi connectivity index (χ1v) is 5.03. The van der Waals surface area contributed by atoms with E-state index in [0.717, 1.165) is 10.1 Å². The van der Waals surface area contributed by atoms with Gasteiger partial charge in [0.05, 0.1) is 0 Å². The van der Waals surface area contributed by atoms with E-state index in [4.69, 9.17) is 4.42 Å². The van der Waals surface area contributed by atoms with Crippen molar-refractivity contribution in [2.24, 2.45) is 0 Å². The second-order valence-electron chi connectivity index (χ2n) is 3.94. The average Bonchev–Trinajstić information content (AvgIpc) is 2.19. The predicted octanol–water partition coefficient (Wildman–Crippen LogP) is 1.24. The van der Waals surface area contributed by atoms with Gasteiger partial charge in [-0.3, -0.25) is 4.79 Å². The number of aryl methyl sites for hydroxylation is 1. The van der Waals surface area contributed by atoms with Gasteiger partial charge >= 0.3 is 5.76 Å². The molecule has 2 aromatic heterocycles. The van der Waals surface area contributed by atoms with Gasteiger partial charge in [-0.25, -0.2) is 14.3 Å².